The third-order valence-electron chi connectivity index (χ3n) is 1.50. The molecule has 0 spiro atoms. The van der Waals surface area contributed by atoms with Crippen LogP contribution in [0.15, 0.2) is 0 Å². The minimum Gasteiger partial charge on any atom is -0.179 e. The Morgan fingerprint density at radius 3 is 2.31 bits per heavy atom. The van der Waals surface area contributed by atoms with Crippen LogP contribution in [0.2, 0.25) is 0 Å². The summed E-state index contributed by atoms with van der Waals surface area (Å²) in [6, 6.07) is 0. The first-order valence-corrected chi connectivity index (χ1v) is 8.19. The van der Waals surface area contributed by atoms with E-state index >= 15 is 0 Å². The van der Waals surface area contributed by atoms with Crippen molar-refractivity contribution in [2.45, 2.75) is 25.0 Å². The molecule has 0 aromatic rings. The van der Waals surface area contributed by atoms with Gasteiger partial charge in [0.2, 0.25) is 0 Å². The van der Waals surface area contributed by atoms with Crippen molar-refractivity contribution >= 4 is 48.8 Å². The van der Waals surface area contributed by atoms with Crippen molar-refractivity contribution in [3.8, 4) is 0 Å². The van der Waals surface area contributed by atoms with E-state index in [1.165, 1.54) is 30.1 Å². The van der Waals surface area contributed by atoms with Crippen LogP contribution in [0, 0.1) is 0 Å². The molecule has 0 heterocycles. The smallest absolute Gasteiger partial charge is 0.0109 e. The molecule has 1 atom stereocenters. The molecular weight excluding hydrogens is 236 g/mol. The molecule has 0 aliphatic rings. The average molecular weight is 257 g/mol. The SMILES string of the molecule is CC(CSCCCS)SCCCS. The van der Waals surface area contributed by atoms with E-state index in [9.17, 15) is 0 Å². The maximum absolute atomic E-state index is 4.19. The van der Waals surface area contributed by atoms with E-state index in [1.54, 1.807) is 0 Å². The lowest BCUT2D eigenvalue weighted by Crippen LogP contribution is -2.02. The van der Waals surface area contributed by atoms with Gasteiger partial charge in [-0.05, 0) is 35.9 Å². The Morgan fingerprint density at radius 1 is 1.08 bits per heavy atom. The normalized spacial score (nSPS) is 13.2. The largest absolute Gasteiger partial charge is 0.179 e. The molecule has 0 N–H and O–H groups in total. The lowest BCUT2D eigenvalue weighted by atomic mass is 10.5. The minimum atomic E-state index is 0.796. The number of thioether (sulfide) groups is 2. The van der Waals surface area contributed by atoms with Gasteiger partial charge in [0.1, 0.15) is 0 Å². The molecule has 80 valence electrons. The Kier molecular flexibility index (Phi) is 12.7. The number of rotatable bonds is 9. The van der Waals surface area contributed by atoms with E-state index in [0.717, 1.165) is 16.8 Å². The standard InChI is InChI=1S/C9H20S4/c1-9(13-7-3-5-11)8-12-6-2-4-10/h9-11H,2-8H2,1H3. The highest BCUT2D eigenvalue weighted by Gasteiger charge is 2.01. The van der Waals surface area contributed by atoms with Crippen LogP contribution in [0.4, 0.5) is 0 Å². The molecule has 0 bridgehead atoms. The van der Waals surface area contributed by atoms with Crippen LogP contribution in [-0.4, -0.2) is 34.0 Å². The predicted octanol–water partition coefficient (Wildman–Crippen LogP) is 3.48. The molecule has 0 saturated carbocycles. The summed E-state index contributed by atoms with van der Waals surface area (Å²) in [5, 5.41) is 0.796. The van der Waals surface area contributed by atoms with Gasteiger partial charge in [-0.3, -0.25) is 0 Å². The van der Waals surface area contributed by atoms with Gasteiger partial charge in [-0.25, -0.2) is 0 Å². The van der Waals surface area contributed by atoms with Crippen LogP contribution in [-0.2, 0) is 0 Å². The molecule has 0 amide bonds. The monoisotopic (exact) mass is 256 g/mol. The fourth-order valence-electron chi connectivity index (χ4n) is 0.813. The van der Waals surface area contributed by atoms with Gasteiger partial charge < -0.3 is 0 Å². The molecule has 4 heteroatoms. The molecule has 0 aromatic carbocycles. The van der Waals surface area contributed by atoms with Crippen molar-refractivity contribution < 1.29 is 0 Å². The zero-order chi connectivity index (χ0) is 9.94. The lowest BCUT2D eigenvalue weighted by Gasteiger charge is -2.09. The van der Waals surface area contributed by atoms with Gasteiger partial charge in [0.25, 0.3) is 0 Å². The highest BCUT2D eigenvalue weighted by molar-refractivity contribution is 8.03. The highest BCUT2D eigenvalue weighted by Crippen LogP contribution is 2.17. The first kappa shape index (κ1) is 14.4. The van der Waals surface area contributed by atoms with E-state index in [1.807, 2.05) is 0 Å². The summed E-state index contributed by atoms with van der Waals surface area (Å²) in [4.78, 5) is 0. The minimum absolute atomic E-state index is 0.796. The second-order valence-electron chi connectivity index (χ2n) is 2.91. The number of hydrogen-bond donors (Lipinski definition) is 2. The summed E-state index contributed by atoms with van der Waals surface area (Å²) < 4.78 is 0. The maximum Gasteiger partial charge on any atom is 0.0109 e. The van der Waals surface area contributed by atoms with Gasteiger partial charge in [-0.1, -0.05) is 6.92 Å². The third-order valence-corrected chi connectivity index (χ3v) is 4.92. The molecule has 0 aliphatic heterocycles. The van der Waals surface area contributed by atoms with Crippen molar-refractivity contribution in [1.29, 1.82) is 0 Å². The molecular formula is C9H20S4. The van der Waals surface area contributed by atoms with Crippen molar-refractivity contribution in [2.24, 2.45) is 0 Å². The van der Waals surface area contributed by atoms with Crippen molar-refractivity contribution in [3.05, 3.63) is 0 Å². The molecule has 0 radical (unpaired) electrons. The highest BCUT2D eigenvalue weighted by atomic mass is 32.2. The Labute approximate surface area is 102 Å². The van der Waals surface area contributed by atoms with E-state index in [4.69, 9.17) is 0 Å². The van der Waals surface area contributed by atoms with E-state index in [0.29, 0.717) is 0 Å². The quantitative estimate of drug-likeness (QED) is 0.479. The lowest BCUT2D eigenvalue weighted by molar-refractivity contribution is 1.07. The summed E-state index contributed by atoms with van der Waals surface area (Å²) in [5.41, 5.74) is 0. The van der Waals surface area contributed by atoms with Gasteiger partial charge in [0.05, 0.1) is 0 Å². The second kappa shape index (κ2) is 11.5. The Morgan fingerprint density at radius 2 is 1.69 bits per heavy atom. The summed E-state index contributed by atoms with van der Waals surface area (Å²) in [7, 11) is 0. The maximum atomic E-state index is 4.19. The molecule has 0 rings (SSSR count). The van der Waals surface area contributed by atoms with Gasteiger partial charge in [-0.2, -0.15) is 48.8 Å². The molecule has 0 saturated heterocycles. The molecule has 0 fully saturated rings. The van der Waals surface area contributed by atoms with Gasteiger partial charge in [0.15, 0.2) is 0 Å². The molecule has 0 aromatic heterocycles. The predicted molar refractivity (Wildman–Crippen MR) is 76.2 cm³/mol. The van der Waals surface area contributed by atoms with Crippen molar-refractivity contribution in [2.75, 3.05) is 28.8 Å². The summed E-state index contributed by atoms with van der Waals surface area (Å²) in [6.07, 6.45) is 2.47. The fourth-order valence-corrected chi connectivity index (χ4v) is 3.79. The first-order valence-electron chi connectivity index (χ1n) is 4.72. The molecule has 0 nitrogen and oxygen atoms in total. The van der Waals surface area contributed by atoms with Crippen molar-refractivity contribution in [3.63, 3.8) is 0 Å². The van der Waals surface area contributed by atoms with Crippen LogP contribution in [0.3, 0.4) is 0 Å². The molecule has 1 unspecified atom stereocenters. The summed E-state index contributed by atoms with van der Waals surface area (Å²) in [5.74, 6) is 5.85. The van der Waals surface area contributed by atoms with Crippen LogP contribution in [0.1, 0.15) is 19.8 Å². The van der Waals surface area contributed by atoms with E-state index in [-0.39, 0.29) is 0 Å². The first-order chi connectivity index (χ1) is 6.31. The van der Waals surface area contributed by atoms with Crippen molar-refractivity contribution in [1.82, 2.24) is 0 Å². The van der Waals surface area contributed by atoms with Crippen LogP contribution >= 0.6 is 48.8 Å². The van der Waals surface area contributed by atoms with E-state index < -0.39 is 0 Å². The zero-order valence-electron chi connectivity index (χ0n) is 8.24. The number of thiol groups is 2. The molecule has 0 aliphatic carbocycles. The summed E-state index contributed by atoms with van der Waals surface area (Å²) in [6.45, 7) is 2.32. The topological polar surface area (TPSA) is 0 Å². The van der Waals surface area contributed by atoms with Gasteiger partial charge >= 0.3 is 0 Å². The second-order valence-corrected chi connectivity index (χ2v) is 6.50. The average Bonchev–Trinajstić information content (AvgIpc) is 2.13. The Bertz CT molecular complexity index is 97.6. The Balaban J connectivity index is 3.05. The molecule has 13 heavy (non-hydrogen) atoms. The zero-order valence-corrected chi connectivity index (χ0v) is 11.7. The Hall–Kier alpha value is 1.40. The third kappa shape index (κ3) is 11.3. The van der Waals surface area contributed by atoms with Crippen LogP contribution in [0.5, 0.6) is 0 Å². The fraction of sp³-hybridized carbons (Fsp3) is 1.00. The van der Waals surface area contributed by atoms with Gasteiger partial charge in [-0.15, -0.1) is 0 Å². The van der Waals surface area contributed by atoms with Crippen LogP contribution < -0.4 is 0 Å². The number of hydrogen-bond acceptors (Lipinski definition) is 4. The van der Waals surface area contributed by atoms with E-state index in [2.05, 4.69) is 55.7 Å². The van der Waals surface area contributed by atoms with Gasteiger partial charge in [0, 0.05) is 11.0 Å². The summed E-state index contributed by atoms with van der Waals surface area (Å²) >= 11 is 12.5. The van der Waals surface area contributed by atoms with Crippen LogP contribution in [0.25, 0.3) is 0 Å².